The van der Waals surface area contributed by atoms with E-state index in [0.717, 1.165) is 43.7 Å². The number of morpholine rings is 1. The zero-order valence-electron chi connectivity index (χ0n) is 12.1. The first kappa shape index (κ1) is 15.5. The van der Waals surface area contributed by atoms with E-state index in [1.54, 1.807) is 0 Å². The van der Waals surface area contributed by atoms with Gasteiger partial charge in [-0.25, -0.2) is 0 Å². The third kappa shape index (κ3) is 4.33. The Balaban J connectivity index is 1.77. The highest BCUT2D eigenvalue weighted by atomic mass is 79.9. The van der Waals surface area contributed by atoms with Crippen LogP contribution in [0.25, 0.3) is 0 Å². The Morgan fingerprint density at radius 3 is 2.80 bits per heavy atom. The Kier molecular flexibility index (Phi) is 5.63. The van der Waals surface area contributed by atoms with Crippen LogP contribution in [0, 0.1) is 0 Å². The summed E-state index contributed by atoms with van der Waals surface area (Å²) < 4.78 is 8.08. The van der Waals surface area contributed by atoms with Crippen molar-refractivity contribution in [3.05, 3.63) is 22.4 Å². The molecule has 1 fully saturated rings. The lowest BCUT2D eigenvalue weighted by molar-refractivity contribution is 0.0363. The van der Waals surface area contributed by atoms with E-state index in [-0.39, 0.29) is 11.9 Å². The van der Waals surface area contributed by atoms with Crippen molar-refractivity contribution in [1.29, 1.82) is 0 Å². The molecule has 0 saturated carbocycles. The summed E-state index contributed by atoms with van der Waals surface area (Å²) in [4.78, 5) is 14.5. The number of rotatable bonds is 5. The molecular weight excluding hydrogens is 322 g/mol. The molecule has 6 heteroatoms. The number of carbonyl (C=O) groups excluding carboxylic acids is 1. The molecule has 1 atom stereocenters. The van der Waals surface area contributed by atoms with E-state index in [9.17, 15) is 4.79 Å². The molecule has 112 valence electrons. The molecule has 20 heavy (non-hydrogen) atoms. The van der Waals surface area contributed by atoms with Gasteiger partial charge in [0.1, 0.15) is 5.69 Å². The highest BCUT2D eigenvalue weighted by molar-refractivity contribution is 9.10. The van der Waals surface area contributed by atoms with Gasteiger partial charge in [0.05, 0.1) is 13.2 Å². The number of nitrogens with zero attached hydrogens (tertiary/aromatic N) is 2. The summed E-state index contributed by atoms with van der Waals surface area (Å²) in [7, 11) is 1.87. The van der Waals surface area contributed by atoms with Crippen molar-refractivity contribution in [2.75, 3.05) is 32.8 Å². The van der Waals surface area contributed by atoms with Crippen molar-refractivity contribution < 1.29 is 9.53 Å². The van der Waals surface area contributed by atoms with E-state index in [4.69, 9.17) is 4.74 Å². The largest absolute Gasteiger partial charge is 0.379 e. The van der Waals surface area contributed by atoms with Crippen molar-refractivity contribution >= 4 is 21.8 Å². The normalized spacial score (nSPS) is 17.9. The number of nitrogens with one attached hydrogen (secondary N) is 1. The molecule has 2 rings (SSSR count). The molecule has 0 aliphatic carbocycles. The molecule has 0 bridgehead atoms. The van der Waals surface area contributed by atoms with Gasteiger partial charge in [0, 0.05) is 43.4 Å². The van der Waals surface area contributed by atoms with Crippen LogP contribution in [0.4, 0.5) is 0 Å². The van der Waals surface area contributed by atoms with Crippen molar-refractivity contribution in [1.82, 2.24) is 14.8 Å². The number of aryl methyl sites for hydroxylation is 1. The van der Waals surface area contributed by atoms with E-state index in [0.29, 0.717) is 5.69 Å². The number of halogens is 1. The van der Waals surface area contributed by atoms with Crippen molar-refractivity contribution in [2.45, 2.75) is 19.4 Å². The molecule has 1 aromatic rings. The first-order chi connectivity index (χ1) is 9.56. The summed E-state index contributed by atoms with van der Waals surface area (Å²) >= 11 is 3.38. The average Bonchev–Trinajstić information content (AvgIpc) is 2.77. The summed E-state index contributed by atoms with van der Waals surface area (Å²) in [5, 5.41) is 3.05. The molecular formula is C14H22BrN3O2. The van der Waals surface area contributed by atoms with Crippen LogP contribution in [0.2, 0.25) is 0 Å². The van der Waals surface area contributed by atoms with E-state index < -0.39 is 0 Å². The number of aromatic nitrogens is 1. The van der Waals surface area contributed by atoms with Crippen LogP contribution in [0.5, 0.6) is 0 Å². The molecule has 2 heterocycles. The van der Waals surface area contributed by atoms with Crippen molar-refractivity contribution in [3.8, 4) is 0 Å². The van der Waals surface area contributed by atoms with Crippen LogP contribution < -0.4 is 5.32 Å². The second-order valence-corrected chi connectivity index (χ2v) is 6.19. The van der Waals surface area contributed by atoms with Gasteiger partial charge in [-0.15, -0.1) is 0 Å². The van der Waals surface area contributed by atoms with Crippen LogP contribution in [0.15, 0.2) is 16.7 Å². The molecule has 1 saturated heterocycles. The predicted octanol–water partition coefficient (Wildman–Crippen LogP) is 1.63. The summed E-state index contributed by atoms with van der Waals surface area (Å²) in [5.74, 6) is -0.0207. The maximum absolute atomic E-state index is 12.2. The minimum atomic E-state index is -0.0207. The number of carbonyl (C=O) groups is 1. The van der Waals surface area contributed by atoms with Gasteiger partial charge in [0.15, 0.2) is 0 Å². The summed E-state index contributed by atoms with van der Waals surface area (Å²) in [5.41, 5.74) is 0.676. The number of amides is 1. The molecule has 1 amide bonds. The third-order valence-corrected chi connectivity index (χ3v) is 4.00. The van der Waals surface area contributed by atoms with E-state index >= 15 is 0 Å². The SMILES string of the molecule is C[C@@H](CCN1CCOCC1)NC(=O)c1cc(Br)cn1C. The van der Waals surface area contributed by atoms with Gasteiger partial charge in [0.25, 0.3) is 5.91 Å². The van der Waals surface area contributed by atoms with Gasteiger partial charge >= 0.3 is 0 Å². The van der Waals surface area contributed by atoms with Gasteiger partial charge in [-0.1, -0.05) is 0 Å². The summed E-state index contributed by atoms with van der Waals surface area (Å²) in [6.07, 6.45) is 2.84. The maximum Gasteiger partial charge on any atom is 0.268 e. The van der Waals surface area contributed by atoms with Gasteiger partial charge in [0.2, 0.25) is 0 Å². The number of hydrogen-bond donors (Lipinski definition) is 1. The fraction of sp³-hybridized carbons (Fsp3) is 0.643. The highest BCUT2D eigenvalue weighted by Gasteiger charge is 2.15. The van der Waals surface area contributed by atoms with Crippen LogP contribution in [-0.4, -0.2) is 54.3 Å². The number of hydrogen-bond acceptors (Lipinski definition) is 3. The topological polar surface area (TPSA) is 46.5 Å². The molecule has 0 spiro atoms. The Bertz CT molecular complexity index is 455. The quantitative estimate of drug-likeness (QED) is 0.883. The van der Waals surface area contributed by atoms with Gasteiger partial charge in [-0.2, -0.15) is 0 Å². The summed E-state index contributed by atoms with van der Waals surface area (Å²) in [6.45, 7) is 6.67. The first-order valence-corrected chi connectivity index (χ1v) is 7.78. The fourth-order valence-electron chi connectivity index (χ4n) is 2.32. The second kappa shape index (κ2) is 7.24. The second-order valence-electron chi connectivity index (χ2n) is 5.27. The van der Waals surface area contributed by atoms with E-state index in [1.165, 1.54) is 0 Å². The monoisotopic (exact) mass is 343 g/mol. The Morgan fingerprint density at radius 2 is 2.20 bits per heavy atom. The molecule has 0 aromatic carbocycles. The molecule has 0 radical (unpaired) electrons. The van der Waals surface area contributed by atoms with Crippen LogP contribution in [-0.2, 0) is 11.8 Å². The minimum absolute atomic E-state index is 0.0207. The number of ether oxygens (including phenoxy) is 1. The van der Waals surface area contributed by atoms with Crippen molar-refractivity contribution in [3.63, 3.8) is 0 Å². The molecule has 1 N–H and O–H groups in total. The zero-order valence-corrected chi connectivity index (χ0v) is 13.6. The fourth-order valence-corrected chi connectivity index (χ4v) is 2.84. The standard InChI is InChI=1S/C14H22BrN3O2/c1-11(3-4-18-5-7-20-8-6-18)16-14(19)13-9-12(15)10-17(13)2/h9-11H,3-8H2,1-2H3,(H,16,19)/t11-/m0/s1. The minimum Gasteiger partial charge on any atom is -0.379 e. The zero-order chi connectivity index (χ0) is 14.5. The van der Waals surface area contributed by atoms with Crippen LogP contribution >= 0.6 is 15.9 Å². The Morgan fingerprint density at radius 1 is 1.50 bits per heavy atom. The smallest absolute Gasteiger partial charge is 0.268 e. The molecule has 1 aliphatic rings. The Hall–Kier alpha value is -0.850. The lowest BCUT2D eigenvalue weighted by Gasteiger charge is -2.27. The van der Waals surface area contributed by atoms with Gasteiger partial charge in [-0.3, -0.25) is 9.69 Å². The van der Waals surface area contributed by atoms with E-state index in [2.05, 4.69) is 33.1 Å². The Labute approximate surface area is 128 Å². The highest BCUT2D eigenvalue weighted by Crippen LogP contribution is 2.13. The first-order valence-electron chi connectivity index (χ1n) is 6.99. The average molecular weight is 344 g/mol. The maximum atomic E-state index is 12.2. The molecule has 5 nitrogen and oxygen atoms in total. The molecule has 0 unspecified atom stereocenters. The molecule has 1 aliphatic heterocycles. The lowest BCUT2D eigenvalue weighted by atomic mass is 10.2. The van der Waals surface area contributed by atoms with Crippen LogP contribution in [0.1, 0.15) is 23.8 Å². The summed E-state index contributed by atoms with van der Waals surface area (Å²) in [6, 6.07) is 2.00. The van der Waals surface area contributed by atoms with Gasteiger partial charge < -0.3 is 14.6 Å². The van der Waals surface area contributed by atoms with Gasteiger partial charge in [-0.05, 0) is 35.3 Å². The van der Waals surface area contributed by atoms with Crippen LogP contribution in [0.3, 0.4) is 0 Å². The predicted molar refractivity (Wildman–Crippen MR) is 81.9 cm³/mol. The lowest BCUT2D eigenvalue weighted by Crippen LogP contribution is -2.40. The molecule has 1 aromatic heterocycles. The van der Waals surface area contributed by atoms with E-state index in [1.807, 2.05) is 23.9 Å². The third-order valence-electron chi connectivity index (χ3n) is 3.56. The van der Waals surface area contributed by atoms with Crippen molar-refractivity contribution in [2.24, 2.45) is 7.05 Å².